The maximum absolute atomic E-state index is 14.3. The molecule has 172 valence electrons. The van der Waals surface area contributed by atoms with Crippen LogP contribution in [-0.2, 0) is 6.54 Å². The van der Waals surface area contributed by atoms with E-state index in [9.17, 15) is 4.39 Å². The summed E-state index contributed by atoms with van der Waals surface area (Å²) in [5.41, 5.74) is 3.72. The van der Waals surface area contributed by atoms with E-state index < -0.39 is 5.82 Å². The second-order valence-electron chi connectivity index (χ2n) is 7.76. The molecule has 33 heavy (non-hydrogen) atoms. The van der Waals surface area contributed by atoms with Crippen LogP contribution in [0.5, 0.6) is 0 Å². The third-order valence-electron chi connectivity index (χ3n) is 5.52. The first-order chi connectivity index (χ1) is 16.0. The number of aliphatic hydroxyl groups excluding tert-OH is 1. The summed E-state index contributed by atoms with van der Waals surface area (Å²) in [4.78, 5) is 16.5. The Bertz CT molecular complexity index is 1120. The number of azo groups is 1. The number of hydrogen-bond donors (Lipinski definition) is 1. The van der Waals surface area contributed by atoms with E-state index in [4.69, 9.17) is 16.7 Å². The minimum Gasteiger partial charge on any atom is -0.395 e. The van der Waals surface area contributed by atoms with Crippen molar-refractivity contribution in [2.45, 2.75) is 13.5 Å². The third-order valence-corrected chi connectivity index (χ3v) is 5.84. The highest BCUT2D eigenvalue weighted by Crippen LogP contribution is 2.31. The first-order valence-electron chi connectivity index (χ1n) is 10.7. The lowest BCUT2D eigenvalue weighted by Crippen LogP contribution is -2.47. The molecule has 1 aliphatic heterocycles. The number of rotatable bonds is 7. The van der Waals surface area contributed by atoms with Crippen LogP contribution in [0.2, 0.25) is 5.02 Å². The van der Waals surface area contributed by atoms with Crippen LogP contribution in [0.4, 0.5) is 16.2 Å². The van der Waals surface area contributed by atoms with E-state index in [2.05, 4.69) is 30.1 Å². The molecule has 0 unspecified atom stereocenters. The van der Waals surface area contributed by atoms with E-state index in [0.29, 0.717) is 24.7 Å². The predicted molar refractivity (Wildman–Crippen MR) is 125 cm³/mol. The van der Waals surface area contributed by atoms with E-state index in [1.807, 2.05) is 42.2 Å². The van der Waals surface area contributed by atoms with Gasteiger partial charge < -0.3 is 10.0 Å². The summed E-state index contributed by atoms with van der Waals surface area (Å²) in [6, 6.07) is 9.63. The third kappa shape index (κ3) is 5.68. The summed E-state index contributed by atoms with van der Waals surface area (Å²) in [5, 5.41) is 18.0. The van der Waals surface area contributed by atoms with Crippen molar-refractivity contribution in [2.75, 3.05) is 44.2 Å². The molecule has 0 amide bonds. The number of β-amino-alcohol motifs (C(OH)–C–C–N with tert-alkyl or cyclic N) is 1. The molecule has 0 aliphatic carbocycles. The van der Waals surface area contributed by atoms with Crippen LogP contribution in [0, 0.1) is 12.7 Å². The molecule has 4 rings (SSSR count). The molecule has 1 N–H and O–H groups in total. The SMILES string of the molecule is Cc1cccc(Cl)c1-c1ccnc(CN=Nc2ncc(F)c(N3CCN(CCO)CC3)n2)c1. The van der Waals surface area contributed by atoms with Crippen LogP contribution in [-0.4, -0.2) is 64.3 Å². The minimum absolute atomic E-state index is 0.0993. The van der Waals surface area contributed by atoms with Crippen molar-refractivity contribution < 1.29 is 9.50 Å². The molecule has 0 atom stereocenters. The lowest BCUT2D eigenvalue weighted by Gasteiger charge is -2.35. The van der Waals surface area contributed by atoms with E-state index in [0.717, 1.165) is 41.7 Å². The Balaban J connectivity index is 1.45. The van der Waals surface area contributed by atoms with Gasteiger partial charge in [0.2, 0.25) is 0 Å². The zero-order chi connectivity index (χ0) is 23.2. The number of benzene rings is 1. The second kappa shape index (κ2) is 10.7. The molecule has 8 nitrogen and oxygen atoms in total. The molecular weight excluding hydrogens is 445 g/mol. The monoisotopic (exact) mass is 469 g/mol. The Labute approximate surface area is 196 Å². The quantitative estimate of drug-likeness (QED) is 0.525. The van der Waals surface area contributed by atoms with Crippen LogP contribution >= 0.6 is 11.6 Å². The molecule has 1 aliphatic rings. The summed E-state index contributed by atoms with van der Waals surface area (Å²) in [6.07, 6.45) is 2.84. The van der Waals surface area contributed by atoms with Gasteiger partial charge in [-0.25, -0.2) is 9.37 Å². The summed E-state index contributed by atoms with van der Waals surface area (Å²) in [6.45, 7) is 5.66. The van der Waals surface area contributed by atoms with Crippen molar-refractivity contribution in [3.05, 3.63) is 64.8 Å². The smallest absolute Gasteiger partial charge is 0.270 e. The van der Waals surface area contributed by atoms with Gasteiger partial charge >= 0.3 is 0 Å². The minimum atomic E-state index is -0.492. The van der Waals surface area contributed by atoms with Gasteiger partial charge in [-0.15, -0.1) is 5.11 Å². The van der Waals surface area contributed by atoms with Crippen LogP contribution < -0.4 is 4.90 Å². The number of pyridine rings is 1. The van der Waals surface area contributed by atoms with E-state index in [1.165, 1.54) is 0 Å². The number of anilines is 1. The van der Waals surface area contributed by atoms with Crippen LogP contribution in [0.3, 0.4) is 0 Å². The molecule has 0 bridgehead atoms. The Kier molecular flexibility index (Phi) is 7.54. The summed E-state index contributed by atoms with van der Waals surface area (Å²) in [7, 11) is 0. The van der Waals surface area contributed by atoms with E-state index >= 15 is 0 Å². The van der Waals surface area contributed by atoms with Gasteiger partial charge in [0.15, 0.2) is 11.6 Å². The Morgan fingerprint density at radius 1 is 1.15 bits per heavy atom. The van der Waals surface area contributed by atoms with Gasteiger partial charge in [0.25, 0.3) is 5.95 Å². The molecule has 1 saturated heterocycles. The highest BCUT2D eigenvalue weighted by molar-refractivity contribution is 6.33. The lowest BCUT2D eigenvalue weighted by molar-refractivity contribution is 0.188. The fraction of sp³-hybridized carbons (Fsp3) is 0.348. The number of aliphatic hydroxyl groups is 1. The number of halogens is 2. The summed E-state index contributed by atoms with van der Waals surface area (Å²) >= 11 is 6.39. The van der Waals surface area contributed by atoms with Gasteiger partial charge in [-0.05, 0) is 36.2 Å². The van der Waals surface area contributed by atoms with Gasteiger partial charge in [0.1, 0.15) is 6.54 Å². The van der Waals surface area contributed by atoms with Crippen molar-refractivity contribution in [1.82, 2.24) is 19.9 Å². The van der Waals surface area contributed by atoms with Crippen molar-refractivity contribution in [3.8, 4) is 11.1 Å². The Morgan fingerprint density at radius 2 is 1.97 bits per heavy atom. The molecule has 0 radical (unpaired) electrons. The molecule has 2 aromatic heterocycles. The lowest BCUT2D eigenvalue weighted by atomic mass is 10.0. The maximum atomic E-state index is 14.3. The van der Waals surface area contributed by atoms with E-state index in [1.54, 1.807) is 6.20 Å². The maximum Gasteiger partial charge on any atom is 0.270 e. The van der Waals surface area contributed by atoms with Crippen LogP contribution in [0.25, 0.3) is 11.1 Å². The number of aromatic nitrogens is 3. The second-order valence-corrected chi connectivity index (χ2v) is 8.17. The largest absolute Gasteiger partial charge is 0.395 e. The molecule has 10 heteroatoms. The van der Waals surface area contributed by atoms with Crippen LogP contribution in [0.1, 0.15) is 11.3 Å². The topological polar surface area (TPSA) is 90.1 Å². The molecule has 1 aromatic carbocycles. The number of piperazine rings is 1. The molecule has 0 spiro atoms. The average molecular weight is 470 g/mol. The van der Waals surface area contributed by atoms with Crippen molar-refractivity contribution in [1.29, 1.82) is 0 Å². The number of hydrogen-bond acceptors (Lipinski definition) is 8. The normalized spacial score (nSPS) is 14.8. The van der Waals surface area contributed by atoms with Gasteiger partial charge in [0, 0.05) is 49.5 Å². The predicted octanol–water partition coefficient (Wildman–Crippen LogP) is 4.04. The zero-order valence-electron chi connectivity index (χ0n) is 18.3. The van der Waals surface area contributed by atoms with Crippen molar-refractivity contribution in [3.63, 3.8) is 0 Å². The standard InChI is InChI=1S/C23H25ClFN7O/c1-16-3-2-4-19(24)21(16)17-5-6-26-18(13-17)14-28-30-23-27-15-20(25)22(29-23)32-9-7-31(8-10-32)11-12-33/h2-6,13,15,33H,7-12,14H2,1H3. The summed E-state index contributed by atoms with van der Waals surface area (Å²) in [5.74, 6) is -0.173. The van der Waals surface area contributed by atoms with Crippen molar-refractivity contribution in [2.24, 2.45) is 10.2 Å². The van der Waals surface area contributed by atoms with Gasteiger partial charge in [-0.2, -0.15) is 10.1 Å². The molecular formula is C23H25ClFN7O. The highest BCUT2D eigenvalue weighted by Gasteiger charge is 2.21. The molecule has 3 aromatic rings. The van der Waals surface area contributed by atoms with Gasteiger partial charge in [0.05, 0.1) is 18.5 Å². The Hall–Kier alpha value is -3.01. The Morgan fingerprint density at radius 3 is 2.73 bits per heavy atom. The number of aryl methyl sites for hydroxylation is 1. The molecule has 0 saturated carbocycles. The van der Waals surface area contributed by atoms with Crippen LogP contribution in [0.15, 0.2) is 53.0 Å². The van der Waals surface area contributed by atoms with Gasteiger partial charge in [-0.3, -0.25) is 9.88 Å². The summed E-state index contributed by atoms with van der Waals surface area (Å²) < 4.78 is 14.3. The molecule has 1 fully saturated rings. The first kappa shape index (κ1) is 23.2. The first-order valence-corrected chi connectivity index (χ1v) is 11.1. The average Bonchev–Trinajstić information content (AvgIpc) is 2.81. The van der Waals surface area contributed by atoms with Crippen molar-refractivity contribution >= 4 is 23.4 Å². The molecule has 3 heterocycles. The van der Waals surface area contributed by atoms with Gasteiger partial charge in [-0.1, -0.05) is 23.7 Å². The fourth-order valence-corrected chi connectivity index (χ4v) is 4.16. The van der Waals surface area contributed by atoms with E-state index in [-0.39, 0.29) is 24.9 Å². The fourth-order valence-electron chi connectivity index (χ4n) is 3.83. The zero-order valence-corrected chi connectivity index (χ0v) is 19.1. The number of nitrogens with zero attached hydrogens (tertiary/aromatic N) is 7. The highest BCUT2D eigenvalue weighted by atomic mass is 35.5.